The highest BCUT2D eigenvalue weighted by Gasteiger charge is 2.07. The smallest absolute Gasteiger partial charge is 0.180 e. The summed E-state index contributed by atoms with van der Waals surface area (Å²) in [6.45, 7) is 0.303. The van der Waals surface area contributed by atoms with Crippen molar-refractivity contribution < 1.29 is 9.63 Å². The number of aldehydes is 1. The Morgan fingerprint density at radius 2 is 2.22 bits per heavy atom. The molecule has 0 saturated heterocycles. The standard InChI is InChI=1S/C12H11N3O2S/c13-12-14-11(8-18-12)10(6-16)15-17-7-9-4-2-1-3-5-9/h1-6,8H,7H2,(H2,13,14)/b15-10+. The number of hydrogen-bond acceptors (Lipinski definition) is 6. The third-order valence-electron chi connectivity index (χ3n) is 2.13. The number of oxime groups is 1. The van der Waals surface area contributed by atoms with Crippen LogP contribution in [0.15, 0.2) is 40.9 Å². The average Bonchev–Trinajstić information content (AvgIpc) is 2.82. The summed E-state index contributed by atoms with van der Waals surface area (Å²) in [4.78, 5) is 19.9. The number of carbonyl (C=O) groups is 1. The van der Waals surface area contributed by atoms with Crippen LogP contribution in [0.5, 0.6) is 0 Å². The molecule has 0 aliphatic rings. The van der Waals surface area contributed by atoms with Crippen molar-refractivity contribution in [2.75, 3.05) is 5.73 Å². The van der Waals surface area contributed by atoms with E-state index in [1.165, 1.54) is 11.3 Å². The van der Waals surface area contributed by atoms with E-state index >= 15 is 0 Å². The van der Waals surface area contributed by atoms with E-state index in [1.54, 1.807) is 5.38 Å². The van der Waals surface area contributed by atoms with E-state index in [1.807, 2.05) is 30.3 Å². The average molecular weight is 261 g/mol. The first kappa shape index (κ1) is 12.3. The predicted molar refractivity (Wildman–Crippen MR) is 70.4 cm³/mol. The van der Waals surface area contributed by atoms with Crippen LogP contribution in [0.4, 0.5) is 5.13 Å². The van der Waals surface area contributed by atoms with Crippen molar-refractivity contribution in [2.24, 2.45) is 5.16 Å². The number of nitrogens with two attached hydrogens (primary N) is 1. The Kier molecular flexibility index (Phi) is 4.03. The van der Waals surface area contributed by atoms with Gasteiger partial charge in [0, 0.05) is 5.38 Å². The molecule has 2 N–H and O–H groups in total. The number of benzene rings is 1. The van der Waals surface area contributed by atoms with Crippen molar-refractivity contribution in [3.05, 3.63) is 47.0 Å². The molecule has 0 radical (unpaired) electrons. The SMILES string of the molecule is Nc1nc(/C(C=O)=N/OCc2ccccc2)cs1. The topological polar surface area (TPSA) is 77.6 Å². The van der Waals surface area contributed by atoms with E-state index in [0.717, 1.165) is 5.56 Å². The van der Waals surface area contributed by atoms with Crippen LogP contribution in [0.1, 0.15) is 11.3 Å². The molecule has 2 aromatic rings. The van der Waals surface area contributed by atoms with Gasteiger partial charge in [-0.05, 0) is 5.56 Å². The third-order valence-corrected chi connectivity index (χ3v) is 2.81. The minimum atomic E-state index is 0.138. The van der Waals surface area contributed by atoms with Gasteiger partial charge in [0.05, 0.1) is 0 Å². The summed E-state index contributed by atoms with van der Waals surface area (Å²) in [5, 5.41) is 5.81. The van der Waals surface area contributed by atoms with Crippen LogP contribution >= 0.6 is 11.3 Å². The van der Waals surface area contributed by atoms with Crippen LogP contribution in [-0.2, 0) is 16.2 Å². The van der Waals surface area contributed by atoms with E-state index in [0.29, 0.717) is 23.7 Å². The van der Waals surface area contributed by atoms with E-state index in [9.17, 15) is 4.79 Å². The lowest BCUT2D eigenvalue weighted by Crippen LogP contribution is -2.04. The van der Waals surface area contributed by atoms with Gasteiger partial charge in [-0.2, -0.15) is 0 Å². The zero-order chi connectivity index (χ0) is 12.8. The maximum absolute atomic E-state index is 10.9. The summed E-state index contributed by atoms with van der Waals surface area (Å²) in [5.41, 5.74) is 7.03. The van der Waals surface area contributed by atoms with Gasteiger partial charge in [-0.1, -0.05) is 35.5 Å². The van der Waals surface area contributed by atoms with Gasteiger partial charge in [0.2, 0.25) is 0 Å². The highest BCUT2D eigenvalue weighted by atomic mass is 32.1. The molecule has 0 aliphatic carbocycles. The molecule has 0 bridgehead atoms. The van der Waals surface area contributed by atoms with Gasteiger partial charge in [-0.3, -0.25) is 4.79 Å². The summed E-state index contributed by atoms with van der Waals surface area (Å²) in [5.74, 6) is 0. The van der Waals surface area contributed by atoms with Crippen molar-refractivity contribution in [1.82, 2.24) is 4.98 Å². The molecule has 0 amide bonds. The molecule has 5 nitrogen and oxygen atoms in total. The van der Waals surface area contributed by atoms with Crippen molar-refractivity contribution >= 4 is 28.5 Å². The summed E-state index contributed by atoms with van der Waals surface area (Å²) < 4.78 is 0. The van der Waals surface area contributed by atoms with E-state index in [4.69, 9.17) is 10.6 Å². The molecule has 0 spiro atoms. The van der Waals surface area contributed by atoms with Gasteiger partial charge in [0.15, 0.2) is 17.1 Å². The normalized spacial score (nSPS) is 11.2. The molecule has 92 valence electrons. The van der Waals surface area contributed by atoms with E-state index < -0.39 is 0 Å². The molecule has 1 heterocycles. The van der Waals surface area contributed by atoms with Crippen LogP contribution in [-0.4, -0.2) is 17.0 Å². The zero-order valence-corrected chi connectivity index (χ0v) is 10.3. The van der Waals surface area contributed by atoms with Crippen molar-refractivity contribution in [1.29, 1.82) is 0 Å². The van der Waals surface area contributed by atoms with Crippen LogP contribution in [0.25, 0.3) is 0 Å². The fraction of sp³-hybridized carbons (Fsp3) is 0.0833. The second-order valence-corrected chi connectivity index (χ2v) is 4.31. The summed E-state index contributed by atoms with van der Waals surface area (Å²) >= 11 is 1.25. The van der Waals surface area contributed by atoms with E-state index in [-0.39, 0.29) is 5.71 Å². The molecule has 0 atom stereocenters. The van der Waals surface area contributed by atoms with Crippen LogP contribution in [0.3, 0.4) is 0 Å². The number of rotatable bonds is 5. The lowest BCUT2D eigenvalue weighted by Gasteiger charge is -1.99. The second kappa shape index (κ2) is 5.92. The fourth-order valence-electron chi connectivity index (χ4n) is 1.28. The third kappa shape index (κ3) is 3.14. The minimum absolute atomic E-state index is 0.138. The first-order valence-electron chi connectivity index (χ1n) is 5.20. The highest BCUT2D eigenvalue weighted by Crippen LogP contribution is 2.11. The number of carbonyl (C=O) groups excluding carboxylic acids is 1. The Morgan fingerprint density at radius 1 is 1.44 bits per heavy atom. The minimum Gasteiger partial charge on any atom is -0.390 e. The number of nitrogen functional groups attached to an aromatic ring is 1. The molecular weight excluding hydrogens is 250 g/mol. The Hall–Kier alpha value is -2.21. The molecule has 0 fully saturated rings. The largest absolute Gasteiger partial charge is 0.390 e. The van der Waals surface area contributed by atoms with Gasteiger partial charge in [0.25, 0.3) is 0 Å². The lowest BCUT2D eigenvalue weighted by molar-refractivity contribution is -0.102. The summed E-state index contributed by atoms with van der Waals surface area (Å²) in [6.07, 6.45) is 0.597. The number of hydrogen-bond donors (Lipinski definition) is 1. The van der Waals surface area contributed by atoms with Gasteiger partial charge >= 0.3 is 0 Å². The second-order valence-electron chi connectivity index (χ2n) is 3.42. The summed E-state index contributed by atoms with van der Waals surface area (Å²) in [7, 11) is 0. The van der Waals surface area contributed by atoms with Crippen LogP contribution in [0.2, 0.25) is 0 Å². The number of thiazole rings is 1. The molecule has 6 heteroatoms. The molecule has 0 saturated carbocycles. The molecule has 1 aromatic heterocycles. The van der Waals surface area contributed by atoms with Gasteiger partial charge in [-0.25, -0.2) is 4.98 Å². The summed E-state index contributed by atoms with van der Waals surface area (Å²) in [6, 6.07) is 9.56. The number of anilines is 1. The monoisotopic (exact) mass is 261 g/mol. The van der Waals surface area contributed by atoms with Gasteiger partial charge in [-0.15, -0.1) is 11.3 Å². The van der Waals surface area contributed by atoms with Gasteiger partial charge < -0.3 is 10.6 Å². The Balaban J connectivity index is 2.01. The molecule has 2 rings (SSSR count). The van der Waals surface area contributed by atoms with Crippen LogP contribution < -0.4 is 5.73 Å². The maximum atomic E-state index is 10.9. The van der Waals surface area contributed by atoms with E-state index in [2.05, 4.69) is 10.1 Å². The first-order chi connectivity index (χ1) is 8.79. The van der Waals surface area contributed by atoms with Crippen molar-refractivity contribution in [3.8, 4) is 0 Å². The molecule has 0 unspecified atom stereocenters. The lowest BCUT2D eigenvalue weighted by atomic mass is 10.2. The molecule has 18 heavy (non-hydrogen) atoms. The zero-order valence-electron chi connectivity index (χ0n) is 9.45. The van der Waals surface area contributed by atoms with Gasteiger partial charge in [0.1, 0.15) is 12.3 Å². The van der Waals surface area contributed by atoms with Crippen molar-refractivity contribution in [3.63, 3.8) is 0 Å². The maximum Gasteiger partial charge on any atom is 0.180 e. The predicted octanol–water partition coefficient (Wildman–Crippen LogP) is 1.85. The number of aromatic nitrogens is 1. The molecule has 0 aliphatic heterocycles. The molecule has 1 aromatic carbocycles. The number of nitrogens with zero attached hydrogens (tertiary/aromatic N) is 2. The fourth-order valence-corrected chi connectivity index (χ4v) is 1.84. The van der Waals surface area contributed by atoms with Crippen LogP contribution in [0, 0.1) is 0 Å². The highest BCUT2D eigenvalue weighted by molar-refractivity contribution is 7.13. The Labute approximate surface area is 108 Å². The Bertz CT molecular complexity index is 551. The Morgan fingerprint density at radius 3 is 2.83 bits per heavy atom. The quantitative estimate of drug-likeness (QED) is 0.506. The van der Waals surface area contributed by atoms with Crippen molar-refractivity contribution in [2.45, 2.75) is 6.61 Å². The first-order valence-corrected chi connectivity index (χ1v) is 6.08. The molecular formula is C12H11N3O2S.